The Morgan fingerprint density at radius 3 is 2.52 bits per heavy atom. The zero-order chi connectivity index (χ0) is 14.5. The van der Waals surface area contributed by atoms with Crippen LogP contribution in [0.5, 0.6) is 0 Å². The number of nitrogens with zero attached hydrogens (tertiary/aromatic N) is 4. The van der Waals surface area contributed by atoms with Gasteiger partial charge in [0, 0.05) is 21.9 Å². The molecule has 0 aliphatic carbocycles. The average molecular weight is 275 g/mol. The van der Waals surface area contributed by atoms with Crippen molar-refractivity contribution in [1.82, 2.24) is 0 Å². The molecule has 0 amide bonds. The van der Waals surface area contributed by atoms with Crippen LogP contribution in [0.25, 0.3) is 21.2 Å². The molecule has 21 heavy (non-hydrogen) atoms. The minimum absolute atomic E-state index is 0.352. The van der Waals surface area contributed by atoms with E-state index in [1.54, 1.807) is 0 Å². The second-order valence-electron chi connectivity index (χ2n) is 4.85. The highest BCUT2D eigenvalue weighted by molar-refractivity contribution is 5.83. The van der Waals surface area contributed by atoms with Crippen molar-refractivity contribution >= 4 is 10.8 Å². The van der Waals surface area contributed by atoms with Gasteiger partial charge in [-0.2, -0.15) is 4.57 Å². The van der Waals surface area contributed by atoms with Crippen molar-refractivity contribution in [3.05, 3.63) is 88.6 Å². The first-order chi connectivity index (χ1) is 10.4. The maximum absolute atomic E-state index is 8.63. The summed E-state index contributed by atoms with van der Waals surface area (Å²) in [6.45, 7) is 1.12. The van der Waals surface area contributed by atoms with Crippen molar-refractivity contribution in [2.75, 3.05) is 0 Å². The first kappa shape index (κ1) is 13.2. The summed E-state index contributed by atoms with van der Waals surface area (Å²) in [5.74, 6) is 0. The predicted molar refractivity (Wildman–Crippen MR) is 82.5 cm³/mol. The van der Waals surface area contributed by atoms with E-state index in [0.29, 0.717) is 6.54 Å². The molecule has 0 spiro atoms. The molecule has 2 aromatic carbocycles. The van der Waals surface area contributed by atoms with Gasteiger partial charge in [-0.05, 0) is 17.0 Å². The number of pyridine rings is 1. The Labute approximate surface area is 122 Å². The van der Waals surface area contributed by atoms with Crippen LogP contribution in [0.4, 0.5) is 0 Å². The molecule has 3 aromatic rings. The second kappa shape index (κ2) is 6.07. The zero-order valence-electron chi connectivity index (χ0n) is 11.6. The molecular formula is C17H15N4+. The fourth-order valence-corrected chi connectivity index (χ4v) is 2.52. The molecule has 0 aliphatic rings. The topological polar surface area (TPSA) is 52.6 Å². The van der Waals surface area contributed by atoms with Crippen LogP contribution in [0, 0.1) is 0 Å². The Bertz CT molecular complexity index is 805. The van der Waals surface area contributed by atoms with Crippen LogP contribution in [0.15, 0.2) is 72.0 Å². The SMILES string of the molecule is [N-]=[N+]=NCc1c2ccccc2cc[n+]1Cc1ccccc1. The van der Waals surface area contributed by atoms with Gasteiger partial charge in [-0.25, -0.2) is 0 Å². The zero-order valence-corrected chi connectivity index (χ0v) is 11.6. The summed E-state index contributed by atoms with van der Waals surface area (Å²) in [5, 5.41) is 6.04. The number of hydrogen-bond donors (Lipinski definition) is 0. The fourth-order valence-electron chi connectivity index (χ4n) is 2.52. The third-order valence-electron chi connectivity index (χ3n) is 3.53. The minimum atomic E-state index is 0.352. The van der Waals surface area contributed by atoms with Gasteiger partial charge in [-0.1, -0.05) is 53.6 Å². The van der Waals surface area contributed by atoms with Gasteiger partial charge in [0.25, 0.3) is 0 Å². The molecular weight excluding hydrogens is 260 g/mol. The number of azide groups is 1. The third kappa shape index (κ3) is 2.86. The van der Waals surface area contributed by atoms with Gasteiger partial charge in [-0.3, -0.25) is 0 Å². The van der Waals surface area contributed by atoms with Crippen LogP contribution in [0.3, 0.4) is 0 Å². The number of fused-ring (bicyclic) bond motifs is 1. The maximum Gasteiger partial charge on any atom is 0.195 e. The third-order valence-corrected chi connectivity index (χ3v) is 3.53. The van der Waals surface area contributed by atoms with Crippen molar-refractivity contribution in [1.29, 1.82) is 0 Å². The Morgan fingerprint density at radius 1 is 0.952 bits per heavy atom. The average Bonchev–Trinajstić information content (AvgIpc) is 2.55. The molecule has 0 aliphatic heterocycles. The van der Waals surface area contributed by atoms with E-state index in [1.807, 2.05) is 30.3 Å². The van der Waals surface area contributed by atoms with Crippen molar-refractivity contribution in [2.45, 2.75) is 13.1 Å². The summed E-state index contributed by atoms with van der Waals surface area (Å²) in [4.78, 5) is 2.90. The highest BCUT2D eigenvalue weighted by Gasteiger charge is 2.14. The molecule has 0 N–H and O–H groups in total. The van der Waals surface area contributed by atoms with E-state index in [-0.39, 0.29) is 0 Å². The fraction of sp³-hybridized carbons (Fsp3) is 0.118. The minimum Gasteiger partial charge on any atom is -0.197 e. The van der Waals surface area contributed by atoms with E-state index in [4.69, 9.17) is 5.53 Å². The smallest absolute Gasteiger partial charge is 0.195 e. The van der Waals surface area contributed by atoms with Gasteiger partial charge >= 0.3 is 0 Å². The van der Waals surface area contributed by atoms with Gasteiger partial charge in [0.1, 0.15) is 6.54 Å². The normalized spacial score (nSPS) is 10.3. The summed E-state index contributed by atoms with van der Waals surface area (Å²) in [6.07, 6.45) is 2.05. The molecule has 102 valence electrons. The standard InChI is InChI=1S/C17H15N4/c18-20-19-12-17-16-9-5-4-8-15(16)10-11-21(17)13-14-6-2-1-3-7-14/h1-11H,12-13H2/q+1. The van der Waals surface area contributed by atoms with Gasteiger partial charge in [0.2, 0.25) is 0 Å². The summed E-state index contributed by atoms with van der Waals surface area (Å²) in [7, 11) is 0. The van der Waals surface area contributed by atoms with Crippen LogP contribution in [0.1, 0.15) is 11.3 Å². The lowest BCUT2D eigenvalue weighted by atomic mass is 10.1. The summed E-state index contributed by atoms with van der Waals surface area (Å²) >= 11 is 0. The van der Waals surface area contributed by atoms with Gasteiger partial charge < -0.3 is 0 Å². The molecule has 0 bridgehead atoms. The van der Waals surface area contributed by atoms with E-state index in [2.05, 4.69) is 51.1 Å². The number of benzene rings is 2. The summed E-state index contributed by atoms with van der Waals surface area (Å²) < 4.78 is 2.15. The van der Waals surface area contributed by atoms with Crippen molar-refractivity contribution in [3.8, 4) is 0 Å². The van der Waals surface area contributed by atoms with E-state index in [0.717, 1.165) is 23.0 Å². The number of aromatic nitrogens is 1. The Hall–Kier alpha value is -2.84. The van der Waals surface area contributed by atoms with Crippen LogP contribution in [-0.4, -0.2) is 0 Å². The molecule has 0 saturated carbocycles. The first-order valence-corrected chi connectivity index (χ1v) is 6.83. The van der Waals surface area contributed by atoms with Gasteiger partial charge in [0.05, 0.1) is 0 Å². The van der Waals surface area contributed by atoms with Crippen molar-refractivity contribution < 1.29 is 4.57 Å². The predicted octanol–water partition coefficient (Wildman–Crippen LogP) is 3.99. The van der Waals surface area contributed by atoms with E-state index in [1.165, 1.54) is 5.56 Å². The molecule has 0 fully saturated rings. The molecule has 1 heterocycles. The molecule has 0 atom stereocenters. The van der Waals surface area contributed by atoms with Crippen LogP contribution < -0.4 is 4.57 Å². The Balaban J connectivity index is 2.10. The Kier molecular flexibility index (Phi) is 3.81. The van der Waals surface area contributed by atoms with E-state index in [9.17, 15) is 0 Å². The van der Waals surface area contributed by atoms with Gasteiger partial charge in [0.15, 0.2) is 18.4 Å². The summed E-state index contributed by atoms with van der Waals surface area (Å²) in [6, 6.07) is 20.5. The van der Waals surface area contributed by atoms with Crippen LogP contribution in [-0.2, 0) is 13.1 Å². The lowest BCUT2D eigenvalue weighted by molar-refractivity contribution is -0.694. The first-order valence-electron chi connectivity index (χ1n) is 6.83. The van der Waals surface area contributed by atoms with Crippen LogP contribution >= 0.6 is 0 Å². The van der Waals surface area contributed by atoms with E-state index < -0.39 is 0 Å². The van der Waals surface area contributed by atoms with Crippen LogP contribution in [0.2, 0.25) is 0 Å². The number of rotatable bonds is 4. The molecule has 4 heteroatoms. The molecule has 1 aromatic heterocycles. The second-order valence-corrected chi connectivity index (χ2v) is 4.85. The Morgan fingerprint density at radius 2 is 1.71 bits per heavy atom. The molecule has 3 rings (SSSR count). The quantitative estimate of drug-likeness (QED) is 0.299. The lowest BCUT2D eigenvalue weighted by Crippen LogP contribution is -2.38. The number of hydrogen-bond acceptors (Lipinski definition) is 1. The van der Waals surface area contributed by atoms with E-state index >= 15 is 0 Å². The summed E-state index contributed by atoms with van der Waals surface area (Å²) in [5.41, 5.74) is 10.9. The highest BCUT2D eigenvalue weighted by atomic mass is 15.1. The largest absolute Gasteiger partial charge is 0.197 e. The molecule has 0 radical (unpaired) electrons. The molecule has 0 saturated heterocycles. The van der Waals surface area contributed by atoms with Crippen molar-refractivity contribution in [3.63, 3.8) is 0 Å². The lowest BCUT2D eigenvalue weighted by Gasteiger charge is -2.06. The monoisotopic (exact) mass is 275 g/mol. The highest BCUT2D eigenvalue weighted by Crippen LogP contribution is 2.16. The van der Waals surface area contributed by atoms with Gasteiger partial charge in [-0.15, -0.1) is 0 Å². The van der Waals surface area contributed by atoms with Crippen molar-refractivity contribution in [2.24, 2.45) is 5.11 Å². The molecule has 0 unspecified atom stereocenters. The maximum atomic E-state index is 8.63. The molecule has 4 nitrogen and oxygen atoms in total.